The molecule has 0 aliphatic carbocycles. The van der Waals surface area contributed by atoms with Crippen LogP contribution in [0.4, 0.5) is 10.9 Å². The molecule has 3 rings (SSSR count). The summed E-state index contributed by atoms with van der Waals surface area (Å²) >= 11 is 1.36. The Kier molecular flexibility index (Phi) is 5.32. The number of anilines is 2. The fourth-order valence-corrected chi connectivity index (χ4v) is 4.60. The van der Waals surface area contributed by atoms with Crippen molar-refractivity contribution in [1.82, 2.24) is 14.9 Å². The molecule has 1 aliphatic heterocycles. The number of hydrogen-bond donors (Lipinski definition) is 1. The maximum absolute atomic E-state index is 11.6. The fraction of sp³-hybridized carbons (Fsp3) is 0.438. The highest BCUT2D eigenvalue weighted by molar-refractivity contribution is 7.91. The lowest BCUT2D eigenvalue weighted by Crippen LogP contribution is -2.38. The van der Waals surface area contributed by atoms with Crippen LogP contribution >= 0.6 is 11.3 Å². The van der Waals surface area contributed by atoms with Crippen LogP contribution in [0.2, 0.25) is 0 Å². The maximum atomic E-state index is 11.6. The molecule has 0 radical (unpaired) electrons. The first kappa shape index (κ1) is 17.8. The molecule has 25 heavy (non-hydrogen) atoms. The Morgan fingerprint density at radius 3 is 2.84 bits per heavy atom. The van der Waals surface area contributed by atoms with Gasteiger partial charge in [-0.3, -0.25) is 4.90 Å². The van der Waals surface area contributed by atoms with Gasteiger partial charge in [-0.1, -0.05) is 0 Å². The molecule has 0 unspecified atom stereocenters. The van der Waals surface area contributed by atoms with Gasteiger partial charge >= 0.3 is 0 Å². The molecule has 0 bridgehead atoms. The van der Waals surface area contributed by atoms with E-state index in [9.17, 15) is 8.42 Å². The average molecular weight is 377 g/mol. The van der Waals surface area contributed by atoms with Gasteiger partial charge in [-0.2, -0.15) is 5.26 Å². The van der Waals surface area contributed by atoms with Gasteiger partial charge in [0.15, 0.2) is 10.8 Å². The van der Waals surface area contributed by atoms with Gasteiger partial charge in [0.25, 0.3) is 0 Å². The van der Waals surface area contributed by atoms with Gasteiger partial charge in [-0.25, -0.2) is 18.4 Å². The monoisotopic (exact) mass is 377 g/mol. The summed E-state index contributed by atoms with van der Waals surface area (Å²) in [6, 6.07) is 5.91. The van der Waals surface area contributed by atoms with E-state index in [0.717, 1.165) is 25.2 Å². The van der Waals surface area contributed by atoms with Crippen LogP contribution in [0.15, 0.2) is 23.7 Å². The van der Waals surface area contributed by atoms with Crippen LogP contribution in [0.1, 0.15) is 24.1 Å². The second-order valence-electron chi connectivity index (χ2n) is 6.13. The molecule has 1 saturated heterocycles. The Morgan fingerprint density at radius 2 is 2.20 bits per heavy atom. The van der Waals surface area contributed by atoms with Crippen LogP contribution in [0.3, 0.4) is 0 Å². The number of sulfone groups is 1. The van der Waals surface area contributed by atoms with Crippen molar-refractivity contribution in [2.45, 2.75) is 24.6 Å². The van der Waals surface area contributed by atoms with E-state index in [0.29, 0.717) is 29.5 Å². The SMILES string of the molecule is CS(=O)(=O)C1CCN(Cc2ccnc(Nc3nc(C#N)cs3)c2)CC1. The molecule has 1 N–H and O–H groups in total. The lowest BCUT2D eigenvalue weighted by Gasteiger charge is -2.31. The molecule has 2 aromatic rings. The van der Waals surface area contributed by atoms with Gasteiger partial charge in [0.05, 0.1) is 5.25 Å². The Morgan fingerprint density at radius 1 is 1.44 bits per heavy atom. The zero-order valence-electron chi connectivity index (χ0n) is 13.8. The van der Waals surface area contributed by atoms with E-state index in [4.69, 9.17) is 5.26 Å². The summed E-state index contributed by atoms with van der Waals surface area (Å²) in [6.45, 7) is 2.32. The van der Waals surface area contributed by atoms with E-state index in [2.05, 4.69) is 20.2 Å². The van der Waals surface area contributed by atoms with E-state index in [1.165, 1.54) is 17.6 Å². The predicted octanol–water partition coefficient (Wildman–Crippen LogP) is 2.16. The quantitative estimate of drug-likeness (QED) is 0.852. The summed E-state index contributed by atoms with van der Waals surface area (Å²) in [5.74, 6) is 0.683. The predicted molar refractivity (Wildman–Crippen MR) is 97.5 cm³/mol. The molecule has 1 aliphatic rings. The Balaban J connectivity index is 1.60. The number of piperidine rings is 1. The lowest BCUT2D eigenvalue weighted by molar-refractivity contribution is 0.222. The maximum Gasteiger partial charge on any atom is 0.189 e. The molecule has 132 valence electrons. The van der Waals surface area contributed by atoms with Gasteiger partial charge in [0.1, 0.15) is 21.7 Å². The zero-order chi connectivity index (χ0) is 17.9. The standard InChI is InChI=1S/C16H19N5O2S2/c1-25(22,23)14-3-6-21(7-4-14)10-12-2-5-18-15(8-12)20-16-19-13(9-17)11-24-16/h2,5,8,11,14H,3-4,6-7,10H2,1H3,(H,18,19,20). The van der Waals surface area contributed by atoms with Gasteiger partial charge in [-0.05, 0) is 43.6 Å². The minimum atomic E-state index is -2.94. The van der Waals surface area contributed by atoms with Crippen LogP contribution < -0.4 is 5.32 Å². The highest BCUT2D eigenvalue weighted by atomic mass is 32.2. The van der Waals surface area contributed by atoms with Crippen LogP contribution in [-0.4, -0.2) is 47.9 Å². The van der Waals surface area contributed by atoms with Crippen LogP contribution in [0.5, 0.6) is 0 Å². The van der Waals surface area contributed by atoms with Crippen LogP contribution in [0, 0.1) is 11.3 Å². The summed E-state index contributed by atoms with van der Waals surface area (Å²) in [7, 11) is -2.94. The number of nitrogens with zero attached hydrogens (tertiary/aromatic N) is 4. The first-order valence-electron chi connectivity index (χ1n) is 7.93. The van der Waals surface area contributed by atoms with Crippen molar-refractivity contribution in [2.75, 3.05) is 24.7 Å². The largest absolute Gasteiger partial charge is 0.316 e. The van der Waals surface area contributed by atoms with Crippen molar-refractivity contribution in [1.29, 1.82) is 5.26 Å². The lowest BCUT2D eigenvalue weighted by atomic mass is 10.1. The van der Waals surface area contributed by atoms with Crippen molar-refractivity contribution in [2.24, 2.45) is 0 Å². The average Bonchev–Trinajstić information content (AvgIpc) is 3.02. The van der Waals surface area contributed by atoms with Gasteiger partial charge in [0, 0.05) is 24.4 Å². The van der Waals surface area contributed by atoms with Crippen molar-refractivity contribution in [3.05, 3.63) is 35.0 Å². The summed E-state index contributed by atoms with van der Waals surface area (Å²) in [6.07, 6.45) is 4.43. The molecule has 0 atom stereocenters. The molecule has 0 amide bonds. The fourth-order valence-electron chi connectivity index (χ4n) is 2.89. The van der Waals surface area contributed by atoms with E-state index >= 15 is 0 Å². The van der Waals surface area contributed by atoms with Gasteiger partial charge < -0.3 is 5.32 Å². The number of thiazole rings is 1. The second-order valence-corrected chi connectivity index (χ2v) is 9.31. The molecule has 3 heterocycles. The normalized spacial score (nSPS) is 16.5. The van der Waals surface area contributed by atoms with E-state index in [1.807, 2.05) is 18.2 Å². The number of rotatable bonds is 5. The topological polar surface area (TPSA) is 99.0 Å². The summed E-state index contributed by atoms with van der Waals surface area (Å²) < 4.78 is 23.3. The number of pyridine rings is 1. The van der Waals surface area contributed by atoms with Gasteiger partial charge in [-0.15, -0.1) is 11.3 Å². The van der Waals surface area contributed by atoms with Crippen LogP contribution in [0.25, 0.3) is 0 Å². The van der Waals surface area contributed by atoms with Crippen molar-refractivity contribution in [3.63, 3.8) is 0 Å². The molecule has 0 spiro atoms. The molecule has 0 saturated carbocycles. The van der Waals surface area contributed by atoms with E-state index < -0.39 is 9.84 Å². The van der Waals surface area contributed by atoms with Crippen molar-refractivity contribution in [3.8, 4) is 6.07 Å². The van der Waals surface area contributed by atoms with E-state index in [1.54, 1.807) is 11.6 Å². The van der Waals surface area contributed by atoms with E-state index in [-0.39, 0.29) is 5.25 Å². The molecule has 7 nitrogen and oxygen atoms in total. The van der Waals surface area contributed by atoms with Crippen molar-refractivity contribution >= 4 is 32.1 Å². The summed E-state index contributed by atoms with van der Waals surface area (Å²) in [4.78, 5) is 10.7. The summed E-state index contributed by atoms with van der Waals surface area (Å²) in [5, 5.41) is 14.0. The highest BCUT2D eigenvalue weighted by Crippen LogP contribution is 2.22. The second kappa shape index (κ2) is 7.47. The minimum absolute atomic E-state index is 0.211. The number of likely N-dealkylation sites (tertiary alicyclic amines) is 1. The molecular weight excluding hydrogens is 358 g/mol. The number of nitrogens with one attached hydrogen (secondary N) is 1. The Bertz CT molecular complexity index is 880. The molecule has 0 aromatic carbocycles. The molecule has 1 fully saturated rings. The Labute approximate surface area is 151 Å². The number of hydrogen-bond acceptors (Lipinski definition) is 8. The van der Waals surface area contributed by atoms with Gasteiger partial charge in [0.2, 0.25) is 0 Å². The first-order chi connectivity index (χ1) is 11.9. The third-order valence-corrected chi connectivity index (χ3v) is 6.66. The third-order valence-electron chi connectivity index (χ3n) is 4.22. The molecule has 9 heteroatoms. The highest BCUT2D eigenvalue weighted by Gasteiger charge is 2.26. The third kappa shape index (κ3) is 4.75. The summed E-state index contributed by atoms with van der Waals surface area (Å²) in [5.41, 5.74) is 1.49. The smallest absolute Gasteiger partial charge is 0.189 e. The van der Waals surface area contributed by atoms with Crippen LogP contribution in [-0.2, 0) is 16.4 Å². The molecular formula is C16H19N5O2S2. The Hall–Kier alpha value is -2.02. The minimum Gasteiger partial charge on any atom is -0.316 e. The number of aromatic nitrogens is 2. The number of nitriles is 1. The molecule has 2 aromatic heterocycles. The van der Waals surface area contributed by atoms with Crippen molar-refractivity contribution < 1.29 is 8.42 Å². The zero-order valence-corrected chi connectivity index (χ0v) is 15.5. The first-order valence-corrected chi connectivity index (χ1v) is 10.8.